The van der Waals surface area contributed by atoms with Crippen LogP contribution in [0.3, 0.4) is 0 Å². The van der Waals surface area contributed by atoms with Crippen molar-refractivity contribution in [1.82, 2.24) is 14.9 Å². The van der Waals surface area contributed by atoms with Crippen molar-refractivity contribution >= 4 is 11.0 Å². The number of aliphatic hydroxyl groups is 1. The molecular weight excluding hydrogens is 226 g/mol. The SMILES string of the molecule is CCC(CO)C(NC)c1ccc2c(c1)ncn2C. The number of benzene rings is 1. The van der Waals surface area contributed by atoms with Crippen LogP contribution in [0.4, 0.5) is 0 Å². The predicted molar refractivity (Wildman–Crippen MR) is 73.4 cm³/mol. The van der Waals surface area contributed by atoms with Gasteiger partial charge in [-0.1, -0.05) is 13.0 Å². The fraction of sp³-hybridized carbons (Fsp3) is 0.500. The van der Waals surface area contributed by atoms with Crippen molar-refractivity contribution in [2.45, 2.75) is 19.4 Å². The Morgan fingerprint density at radius 3 is 2.83 bits per heavy atom. The van der Waals surface area contributed by atoms with Gasteiger partial charge in [-0.25, -0.2) is 4.98 Å². The number of imidazole rings is 1. The van der Waals surface area contributed by atoms with E-state index in [4.69, 9.17) is 0 Å². The predicted octanol–water partition coefficient (Wildman–Crippen LogP) is 1.85. The van der Waals surface area contributed by atoms with Crippen molar-refractivity contribution in [2.24, 2.45) is 13.0 Å². The monoisotopic (exact) mass is 247 g/mol. The second-order valence-electron chi connectivity index (χ2n) is 4.72. The highest BCUT2D eigenvalue weighted by molar-refractivity contribution is 5.76. The fourth-order valence-corrected chi connectivity index (χ4v) is 2.49. The van der Waals surface area contributed by atoms with Crippen LogP contribution in [0, 0.1) is 5.92 Å². The first kappa shape index (κ1) is 13.1. The second-order valence-corrected chi connectivity index (χ2v) is 4.72. The maximum atomic E-state index is 9.45. The first-order valence-electron chi connectivity index (χ1n) is 6.40. The summed E-state index contributed by atoms with van der Waals surface area (Å²) >= 11 is 0. The average molecular weight is 247 g/mol. The largest absolute Gasteiger partial charge is 0.396 e. The molecule has 0 saturated carbocycles. The molecule has 1 aromatic carbocycles. The standard InChI is InChI=1S/C14H21N3O/c1-4-10(8-18)14(15-2)11-5-6-13-12(7-11)16-9-17(13)3/h5-7,9-10,14-15,18H,4,8H2,1-3H3. The van der Waals surface area contributed by atoms with E-state index in [2.05, 4.69) is 35.4 Å². The van der Waals surface area contributed by atoms with Crippen molar-refractivity contribution in [1.29, 1.82) is 0 Å². The van der Waals surface area contributed by atoms with Gasteiger partial charge in [0.25, 0.3) is 0 Å². The molecule has 0 bridgehead atoms. The van der Waals surface area contributed by atoms with E-state index in [1.807, 2.05) is 25.0 Å². The van der Waals surface area contributed by atoms with Gasteiger partial charge in [-0.05, 0) is 31.2 Å². The maximum absolute atomic E-state index is 9.45. The molecule has 2 rings (SSSR count). The molecule has 1 aromatic heterocycles. The number of aliphatic hydroxyl groups excluding tert-OH is 1. The lowest BCUT2D eigenvalue weighted by Gasteiger charge is -2.24. The van der Waals surface area contributed by atoms with E-state index in [1.165, 1.54) is 5.56 Å². The van der Waals surface area contributed by atoms with Crippen LogP contribution in [-0.2, 0) is 7.05 Å². The molecule has 0 amide bonds. The third kappa shape index (κ3) is 2.26. The first-order chi connectivity index (χ1) is 8.71. The van der Waals surface area contributed by atoms with E-state index < -0.39 is 0 Å². The van der Waals surface area contributed by atoms with Gasteiger partial charge < -0.3 is 15.0 Å². The van der Waals surface area contributed by atoms with Gasteiger partial charge >= 0.3 is 0 Å². The van der Waals surface area contributed by atoms with E-state index in [9.17, 15) is 5.11 Å². The topological polar surface area (TPSA) is 50.1 Å². The Morgan fingerprint density at radius 1 is 1.44 bits per heavy atom. The molecular formula is C14H21N3O. The van der Waals surface area contributed by atoms with Crippen LogP contribution in [-0.4, -0.2) is 28.3 Å². The van der Waals surface area contributed by atoms with Crippen LogP contribution in [0.2, 0.25) is 0 Å². The zero-order valence-electron chi connectivity index (χ0n) is 11.2. The molecule has 0 fully saturated rings. The van der Waals surface area contributed by atoms with Gasteiger partial charge in [0, 0.05) is 25.6 Å². The Morgan fingerprint density at radius 2 is 2.22 bits per heavy atom. The van der Waals surface area contributed by atoms with Crippen LogP contribution in [0.5, 0.6) is 0 Å². The lowest BCUT2D eigenvalue weighted by atomic mass is 9.91. The highest BCUT2D eigenvalue weighted by atomic mass is 16.3. The Kier molecular flexibility index (Phi) is 3.99. The average Bonchev–Trinajstić information content (AvgIpc) is 2.77. The molecule has 2 atom stereocenters. The summed E-state index contributed by atoms with van der Waals surface area (Å²) in [6.07, 6.45) is 2.77. The molecule has 0 saturated heterocycles. The minimum Gasteiger partial charge on any atom is -0.396 e. The minimum atomic E-state index is 0.173. The molecule has 2 aromatic rings. The summed E-state index contributed by atoms with van der Waals surface area (Å²) in [4.78, 5) is 4.38. The molecule has 98 valence electrons. The van der Waals surface area contributed by atoms with Crippen LogP contribution >= 0.6 is 0 Å². The maximum Gasteiger partial charge on any atom is 0.0955 e. The minimum absolute atomic E-state index is 0.173. The normalized spacial score (nSPS) is 14.9. The molecule has 2 N–H and O–H groups in total. The Balaban J connectivity index is 2.39. The second kappa shape index (κ2) is 5.50. The van der Waals surface area contributed by atoms with Crippen molar-refractivity contribution in [3.63, 3.8) is 0 Å². The fourth-order valence-electron chi connectivity index (χ4n) is 2.49. The van der Waals surface area contributed by atoms with Crippen LogP contribution in [0.25, 0.3) is 11.0 Å². The molecule has 0 spiro atoms. The zero-order chi connectivity index (χ0) is 13.1. The molecule has 0 radical (unpaired) electrons. The number of nitrogens with zero attached hydrogens (tertiary/aromatic N) is 2. The van der Waals surface area contributed by atoms with Gasteiger partial charge in [0.05, 0.1) is 17.4 Å². The summed E-state index contributed by atoms with van der Waals surface area (Å²) < 4.78 is 2.01. The van der Waals surface area contributed by atoms with Crippen LogP contribution < -0.4 is 5.32 Å². The molecule has 4 nitrogen and oxygen atoms in total. The van der Waals surface area contributed by atoms with E-state index in [0.29, 0.717) is 0 Å². The van der Waals surface area contributed by atoms with Gasteiger partial charge in [0.1, 0.15) is 0 Å². The van der Waals surface area contributed by atoms with Crippen molar-refractivity contribution in [2.75, 3.05) is 13.7 Å². The Bertz CT molecular complexity index is 517. The van der Waals surface area contributed by atoms with Crippen molar-refractivity contribution in [3.05, 3.63) is 30.1 Å². The van der Waals surface area contributed by atoms with E-state index in [-0.39, 0.29) is 18.6 Å². The summed E-state index contributed by atoms with van der Waals surface area (Å²) in [7, 11) is 3.93. The smallest absolute Gasteiger partial charge is 0.0955 e. The number of fused-ring (bicyclic) bond motifs is 1. The van der Waals surface area contributed by atoms with Gasteiger partial charge in [0.2, 0.25) is 0 Å². The third-order valence-corrected chi connectivity index (χ3v) is 3.65. The Hall–Kier alpha value is -1.39. The molecule has 0 aliphatic rings. The highest BCUT2D eigenvalue weighted by Crippen LogP contribution is 2.26. The number of hydrogen-bond acceptors (Lipinski definition) is 3. The molecule has 18 heavy (non-hydrogen) atoms. The lowest BCUT2D eigenvalue weighted by molar-refractivity contribution is 0.189. The lowest BCUT2D eigenvalue weighted by Crippen LogP contribution is -2.27. The van der Waals surface area contributed by atoms with E-state index >= 15 is 0 Å². The number of nitrogens with one attached hydrogen (secondary N) is 1. The summed E-state index contributed by atoms with van der Waals surface area (Å²) in [5.41, 5.74) is 3.32. The van der Waals surface area contributed by atoms with Gasteiger partial charge in [-0.2, -0.15) is 0 Å². The summed E-state index contributed by atoms with van der Waals surface area (Å²) in [5.74, 6) is 0.233. The van der Waals surface area contributed by atoms with Crippen LogP contribution in [0.15, 0.2) is 24.5 Å². The molecule has 4 heteroatoms. The third-order valence-electron chi connectivity index (χ3n) is 3.65. The molecule has 0 aliphatic heterocycles. The van der Waals surface area contributed by atoms with Gasteiger partial charge in [-0.3, -0.25) is 0 Å². The van der Waals surface area contributed by atoms with Crippen molar-refractivity contribution in [3.8, 4) is 0 Å². The first-order valence-corrected chi connectivity index (χ1v) is 6.40. The zero-order valence-corrected chi connectivity index (χ0v) is 11.2. The quantitative estimate of drug-likeness (QED) is 0.848. The molecule has 0 aliphatic carbocycles. The van der Waals surface area contributed by atoms with Crippen molar-refractivity contribution < 1.29 is 5.11 Å². The van der Waals surface area contributed by atoms with Gasteiger partial charge in [-0.15, -0.1) is 0 Å². The van der Waals surface area contributed by atoms with Crippen LogP contribution in [0.1, 0.15) is 24.9 Å². The van der Waals surface area contributed by atoms with E-state index in [1.54, 1.807) is 0 Å². The summed E-state index contributed by atoms with van der Waals surface area (Å²) in [5, 5.41) is 12.7. The molecule has 1 heterocycles. The number of aryl methyl sites for hydroxylation is 1. The highest BCUT2D eigenvalue weighted by Gasteiger charge is 2.20. The van der Waals surface area contributed by atoms with Gasteiger partial charge in [0.15, 0.2) is 0 Å². The summed E-state index contributed by atoms with van der Waals surface area (Å²) in [6.45, 7) is 2.30. The number of hydrogen-bond donors (Lipinski definition) is 2. The number of rotatable bonds is 5. The summed E-state index contributed by atoms with van der Waals surface area (Å²) in [6, 6.07) is 6.48. The Labute approximate surface area is 108 Å². The molecule has 2 unspecified atom stereocenters. The van der Waals surface area contributed by atoms with E-state index in [0.717, 1.165) is 17.5 Å². The number of aromatic nitrogens is 2.